The van der Waals surface area contributed by atoms with E-state index in [0.29, 0.717) is 25.7 Å². The molecule has 0 fully saturated rings. The van der Waals surface area contributed by atoms with E-state index < -0.39 is 97.5 Å². The van der Waals surface area contributed by atoms with Gasteiger partial charge in [-0.05, 0) is 37.5 Å². The number of unbranched alkanes of at least 4 members (excludes halogenated alkanes) is 45. The summed E-state index contributed by atoms with van der Waals surface area (Å²) in [7, 11) is -9.90. The van der Waals surface area contributed by atoms with Crippen molar-refractivity contribution in [2.75, 3.05) is 39.6 Å². The Labute approximate surface area is 588 Å². The van der Waals surface area contributed by atoms with E-state index in [0.717, 1.165) is 115 Å². The standard InChI is InChI=1S/C77H150O17P2/c1-7-10-12-14-16-41-47-53-59-74(79)87-65-72(93-76(81)61-55-49-42-17-15-13-11-8-2)67-91-95(83,84)89-63-71(78)64-90-96(85,86)92-68-73(66-88-75(80)60-54-48-43-37-33-29-26-22-23-27-31-35-39-45-51-57-69(4)5)94-77(82)62-56-50-44-38-34-30-25-21-19-18-20-24-28-32-36-40-46-52-58-70(6)9-3/h69-73,78H,7-68H2,1-6H3,(H,83,84)(H,85,86)/t70?,71-,72+,73+/m0/s1. The van der Waals surface area contributed by atoms with E-state index in [-0.39, 0.29) is 25.7 Å². The van der Waals surface area contributed by atoms with Gasteiger partial charge in [0, 0.05) is 25.7 Å². The van der Waals surface area contributed by atoms with Gasteiger partial charge in [0.15, 0.2) is 12.2 Å². The molecule has 3 unspecified atom stereocenters. The summed E-state index contributed by atoms with van der Waals surface area (Å²) >= 11 is 0. The minimum atomic E-state index is -4.96. The van der Waals surface area contributed by atoms with E-state index in [9.17, 15) is 43.2 Å². The molecule has 19 heteroatoms. The summed E-state index contributed by atoms with van der Waals surface area (Å²) < 4.78 is 68.3. The Morgan fingerprint density at radius 2 is 0.531 bits per heavy atom. The maximum absolute atomic E-state index is 13.1. The van der Waals surface area contributed by atoms with Gasteiger partial charge < -0.3 is 33.8 Å². The van der Waals surface area contributed by atoms with E-state index in [1.165, 1.54) is 205 Å². The number of phosphoric acid groups is 2. The predicted octanol–water partition coefficient (Wildman–Crippen LogP) is 22.7. The largest absolute Gasteiger partial charge is 0.472 e. The first-order valence-electron chi connectivity index (χ1n) is 40.0. The van der Waals surface area contributed by atoms with Gasteiger partial charge in [0.2, 0.25) is 0 Å². The van der Waals surface area contributed by atoms with Crippen LogP contribution in [0.25, 0.3) is 0 Å². The molecule has 0 amide bonds. The molecular weight excluding hydrogens is 1260 g/mol. The van der Waals surface area contributed by atoms with Gasteiger partial charge in [0.25, 0.3) is 0 Å². The summed E-state index contributed by atoms with van der Waals surface area (Å²) in [6.45, 7) is 9.64. The summed E-state index contributed by atoms with van der Waals surface area (Å²) in [6, 6.07) is 0. The van der Waals surface area contributed by atoms with Crippen molar-refractivity contribution in [1.29, 1.82) is 0 Å². The number of phosphoric ester groups is 2. The average molecular weight is 1410 g/mol. The lowest BCUT2D eigenvalue weighted by Gasteiger charge is -2.21. The molecule has 570 valence electrons. The zero-order valence-corrected chi connectivity index (χ0v) is 64.5. The quantitative estimate of drug-likeness (QED) is 0.0222. The van der Waals surface area contributed by atoms with Crippen molar-refractivity contribution in [3.8, 4) is 0 Å². The Morgan fingerprint density at radius 1 is 0.302 bits per heavy atom. The Balaban J connectivity index is 5.13. The minimum absolute atomic E-state index is 0.105. The number of aliphatic hydroxyl groups is 1. The summed E-state index contributed by atoms with van der Waals surface area (Å²) in [5.41, 5.74) is 0. The van der Waals surface area contributed by atoms with Gasteiger partial charge in [0.05, 0.1) is 26.4 Å². The van der Waals surface area contributed by atoms with Crippen LogP contribution in [0.5, 0.6) is 0 Å². The molecule has 0 aliphatic heterocycles. The van der Waals surface area contributed by atoms with E-state index in [2.05, 4.69) is 41.5 Å². The van der Waals surface area contributed by atoms with Gasteiger partial charge in [-0.2, -0.15) is 0 Å². The highest BCUT2D eigenvalue weighted by Crippen LogP contribution is 2.45. The van der Waals surface area contributed by atoms with Crippen molar-refractivity contribution in [3.05, 3.63) is 0 Å². The van der Waals surface area contributed by atoms with Crippen LogP contribution >= 0.6 is 15.6 Å². The number of hydrogen-bond donors (Lipinski definition) is 3. The lowest BCUT2D eigenvalue weighted by Crippen LogP contribution is -2.30. The molecule has 0 radical (unpaired) electrons. The number of hydrogen-bond acceptors (Lipinski definition) is 15. The van der Waals surface area contributed by atoms with E-state index in [1.807, 2.05) is 0 Å². The van der Waals surface area contributed by atoms with Crippen LogP contribution in [0.4, 0.5) is 0 Å². The second-order valence-corrected chi connectivity index (χ2v) is 31.4. The molecule has 0 aliphatic rings. The molecule has 96 heavy (non-hydrogen) atoms. The maximum atomic E-state index is 13.1. The third-order valence-electron chi connectivity index (χ3n) is 18.3. The Hall–Kier alpha value is -1.94. The Bertz CT molecular complexity index is 1860. The van der Waals surface area contributed by atoms with Crippen molar-refractivity contribution in [1.82, 2.24) is 0 Å². The van der Waals surface area contributed by atoms with Crippen molar-refractivity contribution in [2.45, 2.75) is 419 Å². The lowest BCUT2D eigenvalue weighted by atomic mass is 9.99. The van der Waals surface area contributed by atoms with Crippen LogP contribution in [0.2, 0.25) is 0 Å². The highest BCUT2D eigenvalue weighted by Gasteiger charge is 2.30. The molecular formula is C77H150O17P2. The summed E-state index contributed by atoms with van der Waals surface area (Å²) in [5, 5.41) is 10.6. The molecule has 0 rings (SSSR count). The fourth-order valence-electron chi connectivity index (χ4n) is 11.8. The number of carbonyl (C=O) groups excluding carboxylic acids is 4. The monoisotopic (exact) mass is 1410 g/mol. The number of ether oxygens (including phenoxy) is 4. The molecule has 0 spiro atoms. The number of carbonyl (C=O) groups is 4. The van der Waals surface area contributed by atoms with E-state index in [1.54, 1.807) is 0 Å². The fourth-order valence-corrected chi connectivity index (χ4v) is 13.4. The second-order valence-electron chi connectivity index (χ2n) is 28.5. The smallest absolute Gasteiger partial charge is 0.462 e. The molecule has 17 nitrogen and oxygen atoms in total. The van der Waals surface area contributed by atoms with Gasteiger partial charge in [-0.1, -0.05) is 350 Å². The summed E-state index contributed by atoms with van der Waals surface area (Å²) in [4.78, 5) is 72.6. The number of rotatable bonds is 76. The first-order chi connectivity index (χ1) is 46.4. The zero-order valence-electron chi connectivity index (χ0n) is 62.7. The van der Waals surface area contributed by atoms with Crippen LogP contribution in [-0.2, 0) is 65.4 Å². The van der Waals surface area contributed by atoms with Gasteiger partial charge in [-0.15, -0.1) is 0 Å². The predicted molar refractivity (Wildman–Crippen MR) is 391 cm³/mol. The second kappa shape index (κ2) is 68.8. The Kier molecular flexibility index (Phi) is 67.4. The molecule has 0 aromatic rings. The Morgan fingerprint density at radius 3 is 0.792 bits per heavy atom. The molecule has 6 atom stereocenters. The van der Waals surface area contributed by atoms with Crippen molar-refractivity contribution < 1.29 is 80.2 Å². The number of esters is 4. The van der Waals surface area contributed by atoms with Crippen LogP contribution in [0.15, 0.2) is 0 Å². The third-order valence-corrected chi connectivity index (χ3v) is 20.2. The minimum Gasteiger partial charge on any atom is -0.462 e. The van der Waals surface area contributed by atoms with E-state index >= 15 is 0 Å². The normalized spacial score (nSPS) is 14.3. The van der Waals surface area contributed by atoms with E-state index in [4.69, 9.17) is 37.0 Å². The van der Waals surface area contributed by atoms with Crippen molar-refractivity contribution in [2.24, 2.45) is 11.8 Å². The fraction of sp³-hybridized carbons (Fsp3) is 0.948. The molecule has 0 saturated heterocycles. The van der Waals surface area contributed by atoms with Crippen LogP contribution in [-0.4, -0.2) is 96.7 Å². The SMILES string of the molecule is CCCCCCCCCCC(=O)OC[C@H](COP(=O)(O)OC[C@H](O)COP(=O)(O)OC[C@@H](COC(=O)CCCCCCCCCCCCCCCCCC(C)C)OC(=O)CCCCCCCCCCCCCCCCCCCCC(C)CC)OC(=O)CCCCCCCCCC. The molecule has 0 bridgehead atoms. The molecule has 0 aromatic heterocycles. The summed E-state index contributed by atoms with van der Waals surface area (Å²) in [5.74, 6) is -0.443. The molecule has 0 aliphatic carbocycles. The summed E-state index contributed by atoms with van der Waals surface area (Å²) in [6.07, 6.45) is 57.1. The lowest BCUT2D eigenvalue weighted by molar-refractivity contribution is -0.161. The van der Waals surface area contributed by atoms with Crippen LogP contribution < -0.4 is 0 Å². The number of aliphatic hydroxyl groups excluding tert-OH is 1. The first kappa shape index (κ1) is 94.1. The highest BCUT2D eigenvalue weighted by molar-refractivity contribution is 7.47. The topological polar surface area (TPSA) is 237 Å². The molecule has 0 heterocycles. The molecule has 3 N–H and O–H groups in total. The van der Waals surface area contributed by atoms with Crippen molar-refractivity contribution >= 4 is 39.5 Å². The third kappa shape index (κ3) is 69.2. The van der Waals surface area contributed by atoms with Crippen molar-refractivity contribution in [3.63, 3.8) is 0 Å². The average Bonchev–Trinajstić information content (AvgIpc) is 1.87. The van der Waals surface area contributed by atoms with Gasteiger partial charge in [-0.25, -0.2) is 9.13 Å². The van der Waals surface area contributed by atoms with Crippen LogP contribution in [0.3, 0.4) is 0 Å². The molecule has 0 aromatic carbocycles. The van der Waals surface area contributed by atoms with Gasteiger partial charge >= 0.3 is 39.5 Å². The molecule has 0 saturated carbocycles. The van der Waals surface area contributed by atoms with Gasteiger partial charge in [-0.3, -0.25) is 37.3 Å². The highest BCUT2D eigenvalue weighted by atomic mass is 31.2. The first-order valence-corrected chi connectivity index (χ1v) is 43.0. The van der Waals surface area contributed by atoms with Gasteiger partial charge in [0.1, 0.15) is 19.3 Å². The van der Waals surface area contributed by atoms with Crippen LogP contribution in [0.1, 0.15) is 401 Å². The zero-order chi connectivity index (χ0) is 70.7. The maximum Gasteiger partial charge on any atom is 0.472 e. The van der Waals surface area contributed by atoms with Crippen LogP contribution in [0, 0.1) is 11.8 Å².